The van der Waals surface area contributed by atoms with Gasteiger partial charge in [-0.2, -0.15) is 15.6 Å². The molecule has 0 bridgehead atoms. The van der Waals surface area contributed by atoms with Crippen LogP contribution in [0.25, 0.3) is 0 Å². The fourth-order valence-electron chi connectivity index (χ4n) is 3.61. The number of hydrogen-bond acceptors (Lipinski definition) is 6. The monoisotopic (exact) mass is 397 g/mol. The van der Waals surface area contributed by atoms with Crippen molar-refractivity contribution in [2.75, 3.05) is 38.1 Å². The fourth-order valence-corrected chi connectivity index (χ4v) is 6.91. The first-order chi connectivity index (χ1) is 11.9. The average Bonchev–Trinajstić information content (AvgIpc) is 3.33. The van der Waals surface area contributed by atoms with Gasteiger partial charge in [-0.25, -0.2) is 8.42 Å². The Morgan fingerprint density at radius 2 is 2.04 bits per heavy atom. The molecule has 4 heterocycles. The van der Waals surface area contributed by atoms with Crippen LogP contribution in [0.4, 0.5) is 5.69 Å². The maximum absolute atomic E-state index is 12.8. The third kappa shape index (κ3) is 2.83. The second-order valence-corrected chi connectivity index (χ2v) is 10.5. The first-order valence-electron chi connectivity index (χ1n) is 8.00. The van der Waals surface area contributed by atoms with Crippen LogP contribution >= 0.6 is 22.7 Å². The molecule has 134 valence electrons. The minimum atomic E-state index is -3.46. The summed E-state index contributed by atoms with van der Waals surface area (Å²) in [6, 6.07) is 5.35. The number of carbonyl (C=O) groups is 1. The number of hydrogen-bond donors (Lipinski definition) is 0. The number of anilines is 1. The van der Waals surface area contributed by atoms with Crippen LogP contribution in [0.2, 0.25) is 0 Å². The number of carbonyl (C=O) groups excluding carboxylic acids is 1. The summed E-state index contributed by atoms with van der Waals surface area (Å²) in [7, 11) is -1.53. The molecule has 2 aromatic heterocycles. The Labute approximate surface area is 155 Å². The number of amides is 1. The first-order valence-corrected chi connectivity index (χ1v) is 11.3. The van der Waals surface area contributed by atoms with E-state index in [4.69, 9.17) is 0 Å². The van der Waals surface area contributed by atoms with Gasteiger partial charge in [-0.1, -0.05) is 6.07 Å². The van der Waals surface area contributed by atoms with Crippen LogP contribution < -0.4 is 4.90 Å². The highest BCUT2D eigenvalue weighted by Gasteiger charge is 2.50. The molecule has 4 rings (SSSR count). The number of piperazine rings is 1. The lowest BCUT2D eigenvalue weighted by Crippen LogP contribution is -2.64. The van der Waals surface area contributed by atoms with E-state index in [9.17, 15) is 13.2 Å². The SMILES string of the molecule is CN1CC(=O)N(c2ccsc2)C[C@]12CCN(S(=O)(=O)c1cccs1)C2. The lowest BCUT2D eigenvalue weighted by molar-refractivity contribution is -0.123. The molecule has 0 aromatic carbocycles. The molecule has 0 radical (unpaired) electrons. The van der Waals surface area contributed by atoms with E-state index in [1.54, 1.807) is 38.1 Å². The van der Waals surface area contributed by atoms with Crippen LogP contribution in [0.3, 0.4) is 0 Å². The van der Waals surface area contributed by atoms with Crippen LogP contribution in [0.1, 0.15) is 6.42 Å². The molecule has 2 aromatic rings. The normalized spacial score (nSPS) is 26.0. The van der Waals surface area contributed by atoms with E-state index >= 15 is 0 Å². The summed E-state index contributed by atoms with van der Waals surface area (Å²) >= 11 is 2.80. The van der Waals surface area contributed by atoms with Gasteiger partial charge in [0.05, 0.1) is 17.8 Å². The lowest BCUT2D eigenvalue weighted by atomic mass is 9.93. The van der Waals surface area contributed by atoms with E-state index in [1.807, 2.05) is 28.8 Å². The Balaban J connectivity index is 1.61. The number of nitrogens with zero attached hydrogens (tertiary/aromatic N) is 3. The van der Waals surface area contributed by atoms with Crippen molar-refractivity contribution in [1.82, 2.24) is 9.21 Å². The second-order valence-electron chi connectivity index (χ2n) is 6.56. The van der Waals surface area contributed by atoms with Crippen LogP contribution in [0.5, 0.6) is 0 Å². The molecule has 1 amide bonds. The van der Waals surface area contributed by atoms with Crippen LogP contribution in [-0.2, 0) is 14.8 Å². The molecule has 1 atom stereocenters. The zero-order valence-corrected chi connectivity index (χ0v) is 16.2. The summed E-state index contributed by atoms with van der Waals surface area (Å²) in [6.07, 6.45) is 0.724. The molecule has 25 heavy (non-hydrogen) atoms. The van der Waals surface area contributed by atoms with Crippen molar-refractivity contribution in [3.63, 3.8) is 0 Å². The highest BCUT2D eigenvalue weighted by atomic mass is 32.2. The molecule has 0 aliphatic carbocycles. The number of rotatable bonds is 3. The van der Waals surface area contributed by atoms with Crippen molar-refractivity contribution in [1.29, 1.82) is 0 Å². The molecule has 2 aliphatic rings. The van der Waals surface area contributed by atoms with E-state index in [0.717, 1.165) is 12.1 Å². The smallest absolute Gasteiger partial charge is 0.252 e. The summed E-state index contributed by atoms with van der Waals surface area (Å²) in [6.45, 7) is 1.73. The van der Waals surface area contributed by atoms with E-state index in [-0.39, 0.29) is 11.4 Å². The fraction of sp³-hybridized carbons (Fsp3) is 0.438. The highest BCUT2D eigenvalue weighted by molar-refractivity contribution is 7.91. The predicted molar refractivity (Wildman–Crippen MR) is 99.7 cm³/mol. The molecule has 1 spiro atoms. The predicted octanol–water partition coefficient (Wildman–Crippen LogP) is 1.92. The summed E-state index contributed by atoms with van der Waals surface area (Å²) < 4.78 is 27.6. The van der Waals surface area contributed by atoms with Gasteiger partial charge in [0.1, 0.15) is 4.21 Å². The van der Waals surface area contributed by atoms with Crippen molar-refractivity contribution in [3.05, 3.63) is 34.3 Å². The molecule has 0 unspecified atom stereocenters. The Kier molecular flexibility index (Phi) is 4.24. The van der Waals surface area contributed by atoms with E-state index in [1.165, 1.54) is 11.3 Å². The summed E-state index contributed by atoms with van der Waals surface area (Å²) in [4.78, 5) is 16.3. The van der Waals surface area contributed by atoms with E-state index < -0.39 is 10.0 Å². The molecular weight excluding hydrogens is 378 g/mol. The molecule has 2 aliphatic heterocycles. The van der Waals surface area contributed by atoms with Crippen LogP contribution in [0, 0.1) is 0 Å². The Morgan fingerprint density at radius 3 is 2.72 bits per heavy atom. The maximum atomic E-state index is 12.8. The van der Waals surface area contributed by atoms with Crippen LogP contribution in [0.15, 0.2) is 38.5 Å². The number of thiophene rings is 2. The van der Waals surface area contributed by atoms with Gasteiger partial charge >= 0.3 is 0 Å². The van der Waals surface area contributed by atoms with Gasteiger partial charge in [0.25, 0.3) is 10.0 Å². The van der Waals surface area contributed by atoms with Gasteiger partial charge in [0.15, 0.2) is 0 Å². The van der Waals surface area contributed by atoms with Crippen molar-refractivity contribution in [2.24, 2.45) is 0 Å². The molecular formula is C16H19N3O3S3. The Bertz CT molecular complexity index is 864. The van der Waals surface area contributed by atoms with Gasteiger partial charge in [0.2, 0.25) is 5.91 Å². The lowest BCUT2D eigenvalue weighted by Gasteiger charge is -2.46. The minimum Gasteiger partial charge on any atom is -0.309 e. The molecule has 2 saturated heterocycles. The third-order valence-electron chi connectivity index (χ3n) is 5.14. The third-order valence-corrected chi connectivity index (χ3v) is 9.03. The van der Waals surface area contributed by atoms with Gasteiger partial charge < -0.3 is 4.90 Å². The number of sulfonamides is 1. The zero-order chi connectivity index (χ0) is 17.7. The van der Waals surface area contributed by atoms with Crippen molar-refractivity contribution in [3.8, 4) is 0 Å². The van der Waals surface area contributed by atoms with Gasteiger partial charge in [-0.05, 0) is 36.4 Å². The topological polar surface area (TPSA) is 60.9 Å². The summed E-state index contributed by atoms with van der Waals surface area (Å²) in [5.41, 5.74) is 0.572. The van der Waals surface area contributed by atoms with Gasteiger partial charge in [0, 0.05) is 25.0 Å². The van der Waals surface area contributed by atoms with Crippen molar-refractivity contribution >= 4 is 44.3 Å². The van der Waals surface area contributed by atoms with Gasteiger partial charge in [-0.15, -0.1) is 11.3 Å². The van der Waals surface area contributed by atoms with Gasteiger partial charge in [-0.3, -0.25) is 9.69 Å². The largest absolute Gasteiger partial charge is 0.309 e. The molecule has 0 saturated carbocycles. The zero-order valence-electron chi connectivity index (χ0n) is 13.8. The summed E-state index contributed by atoms with van der Waals surface area (Å²) in [5, 5.41) is 5.70. The van der Waals surface area contributed by atoms with E-state index in [2.05, 4.69) is 0 Å². The highest BCUT2D eigenvalue weighted by Crippen LogP contribution is 2.36. The molecule has 9 heteroatoms. The molecule has 6 nitrogen and oxygen atoms in total. The average molecular weight is 398 g/mol. The molecule has 0 N–H and O–H groups in total. The second kappa shape index (κ2) is 6.17. The van der Waals surface area contributed by atoms with Crippen molar-refractivity contribution < 1.29 is 13.2 Å². The number of likely N-dealkylation sites (N-methyl/N-ethyl adjacent to an activating group) is 1. The Hall–Kier alpha value is -1.26. The summed E-state index contributed by atoms with van der Waals surface area (Å²) in [5.74, 6) is 0.0612. The maximum Gasteiger partial charge on any atom is 0.252 e. The Morgan fingerprint density at radius 1 is 1.20 bits per heavy atom. The van der Waals surface area contributed by atoms with Crippen LogP contribution in [-0.4, -0.2) is 62.3 Å². The van der Waals surface area contributed by atoms with E-state index in [0.29, 0.717) is 30.4 Å². The molecule has 2 fully saturated rings. The van der Waals surface area contributed by atoms with Crippen molar-refractivity contribution in [2.45, 2.75) is 16.2 Å². The first kappa shape index (κ1) is 17.2. The standard InChI is InChI=1S/C16H19N3O3S3/c1-17-9-14(20)19(13-4-8-23-10-13)12-16(17)5-6-18(11-16)25(21,22)15-3-2-7-24-15/h2-4,7-8,10H,5-6,9,11-12H2,1H3/t16-/m1/s1. The minimum absolute atomic E-state index is 0.0612. The quantitative estimate of drug-likeness (QED) is 0.794.